The molecule has 1 aliphatic rings. The van der Waals surface area contributed by atoms with Crippen molar-refractivity contribution in [3.05, 3.63) is 83.1 Å². The fraction of sp³-hybridized carbons (Fsp3) is 0.333. The molecule has 1 aliphatic heterocycles. The monoisotopic (exact) mass is 449 g/mol. The average molecular weight is 450 g/mol. The molecule has 0 amide bonds. The number of nitrogens with zero attached hydrogens (tertiary/aromatic N) is 1. The summed E-state index contributed by atoms with van der Waals surface area (Å²) in [5.41, 5.74) is 2.57. The third kappa shape index (κ3) is 6.33. The third-order valence-corrected chi connectivity index (χ3v) is 5.70. The fourth-order valence-corrected chi connectivity index (χ4v) is 3.58. The summed E-state index contributed by atoms with van der Waals surface area (Å²) in [6, 6.07) is 14.8. The Hall–Kier alpha value is -3.38. The van der Waals surface area contributed by atoms with Gasteiger partial charge in [-0.2, -0.15) is 0 Å². The fourth-order valence-electron chi connectivity index (χ4n) is 3.58. The van der Waals surface area contributed by atoms with E-state index in [2.05, 4.69) is 11.1 Å². The van der Waals surface area contributed by atoms with Crippen molar-refractivity contribution in [3.8, 4) is 5.75 Å². The molecule has 0 aliphatic carbocycles. The molecule has 174 valence electrons. The van der Waals surface area contributed by atoms with Gasteiger partial charge in [-0.3, -0.25) is 4.79 Å². The zero-order valence-electron chi connectivity index (χ0n) is 19.6. The second-order valence-electron chi connectivity index (χ2n) is 8.73. The van der Waals surface area contributed by atoms with Crippen molar-refractivity contribution in [2.45, 2.75) is 45.4 Å². The van der Waals surface area contributed by atoms with Gasteiger partial charge in [-0.05, 0) is 68.8 Å². The van der Waals surface area contributed by atoms with Gasteiger partial charge in [-0.25, -0.2) is 4.79 Å². The molecule has 3 rings (SSSR count). The van der Waals surface area contributed by atoms with E-state index in [1.807, 2.05) is 67.6 Å². The summed E-state index contributed by atoms with van der Waals surface area (Å²) in [6.45, 7) is 5.98. The Morgan fingerprint density at radius 2 is 1.79 bits per heavy atom. The molecule has 33 heavy (non-hydrogen) atoms. The van der Waals surface area contributed by atoms with Gasteiger partial charge in [-0.15, -0.1) is 0 Å². The maximum atomic E-state index is 13.1. The van der Waals surface area contributed by atoms with Gasteiger partial charge in [0.25, 0.3) is 0 Å². The molecule has 0 aromatic heterocycles. The average Bonchev–Trinajstić information content (AvgIpc) is 3.18. The number of carboxylic acids is 1. The Bertz CT molecular complexity index is 1040. The minimum Gasteiger partial charge on any atom is -0.497 e. The summed E-state index contributed by atoms with van der Waals surface area (Å²) >= 11 is 0. The van der Waals surface area contributed by atoms with Crippen molar-refractivity contribution in [1.29, 1.82) is 0 Å². The molecule has 0 spiro atoms. The Morgan fingerprint density at radius 3 is 2.39 bits per heavy atom. The van der Waals surface area contributed by atoms with Crippen LogP contribution in [0.2, 0.25) is 0 Å². The van der Waals surface area contributed by atoms with Gasteiger partial charge in [0.2, 0.25) is 0 Å². The minimum absolute atomic E-state index is 0.104. The maximum absolute atomic E-state index is 13.1. The second-order valence-corrected chi connectivity index (χ2v) is 8.73. The first kappa shape index (κ1) is 24.3. The summed E-state index contributed by atoms with van der Waals surface area (Å²) in [7, 11) is 1.61. The summed E-state index contributed by atoms with van der Waals surface area (Å²) < 4.78 is 10.7. The normalized spacial score (nSPS) is 16.2. The van der Waals surface area contributed by atoms with E-state index in [0.29, 0.717) is 12.1 Å². The van der Waals surface area contributed by atoms with Crippen LogP contribution in [-0.4, -0.2) is 47.1 Å². The van der Waals surface area contributed by atoms with Gasteiger partial charge in [0.1, 0.15) is 5.75 Å². The Morgan fingerprint density at radius 1 is 1.12 bits per heavy atom. The minimum atomic E-state index is -1.22. The molecule has 1 unspecified atom stereocenters. The Balaban J connectivity index is 1.58. The number of hydrogen-bond donors (Lipinski definition) is 1. The predicted molar refractivity (Wildman–Crippen MR) is 128 cm³/mol. The molecule has 0 saturated carbocycles. The van der Waals surface area contributed by atoms with Crippen LogP contribution in [0.3, 0.4) is 0 Å². The third-order valence-electron chi connectivity index (χ3n) is 5.70. The highest BCUT2D eigenvalue weighted by Crippen LogP contribution is 2.25. The number of benzene rings is 2. The molecule has 1 atom stereocenters. The highest BCUT2D eigenvalue weighted by molar-refractivity contribution is 6.00. The molecule has 0 bridgehead atoms. The first-order valence-corrected chi connectivity index (χ1v) is 10.9. The number of aliphatic carboxylic acids is 1. The van der Waals surface area contributed by atoms with Crippen molar-refractivity contribution < 1.29 is 24.2 Å². The van der Waals surface area contributed by atoms with Gasteiger partial charge in [-0.1, -0.05) is 42.0 Å². The first-order chi connectivity index (χ1) is 15.7. The summed E-state index contributed by atoms with van der Waals surface area (Å²) in [6.07, 6.45) is 6.84. The molecular weight excluding hydrogens is 418 g/mol. The van der Waals surface area contributed by atoms with Crippen LogP contribution in [0.15, 0.2) is 66.4 Å². The number of ketones is 1. The first-order valence-electron chi connectivity index (χ1n) is 10.9. The number of rotatable bonds is 10. The van der Waals surface area contributed by atoms with Crippen molar-refractivity contribution in [3.63, 3.8) is 0 Å². The van der Waals surface area contributed by atoms with Gasteiger partial charge in [0.05, 0.1) is 19.8 Å². The lowest BCUT2D eigenvalue weighted by Crippen LogP contribution is -2.34. The molecule has 2 aromatic rings. The highest BCUT2D eigenvalue weighted by Gasteiger charge is 2.29. The van der Waals surface area contributed by atoms with E-state index in [9.17, 15) is 9.59 Å². The van der Waals surface area contributed by atoms with E-state index < -0.39 is 11.6 Å². The quantitative estimate of drug-likeness (QED) is 0.517. The van der Waals surface area contributed by atoms with Crippen molar-refractivity contribution in [1.82, 2.24) is 4.90 Å². The number of carbonyl (C=O) groups excluding carboxylic acids is 1. The molecule has 1 N–H and O–H groups in total. The molecule has 6 nitrogen and oxygen atoms in total. The van der Waals surface area contributed by atoms with Crippen LogP contribution in [0, 0.1) is 0 Å². The topological polar surface area (TPSA) is 76.1 Å². The number of carboxylic acid groups (broad SMARTS) is 1. The summed E-state index contributed by atoms with van der Waals surface area (Å²) in [5, 5.41) is 9.14. The SMILES string of the molecule is COc1ccc(C(=O)C2CC(C)=CN2C/C=C/c2ccc(COC(C)(C)C(=O)O)cc2)cc1. The van der Waals surface area contributed by atoms with Crippen LogP contribution in [0.5, 0.6) is 5.75 Å². The van der Waals surface area contributed by atoms with Gasteiger partial charge in [0, 0.05) is 12.1 Å². The van der Waals surface area contributed by atoms with Gasteiger partial charge in [0.15, 0.2) is 11.4 Å². The molecule has 6 heteroatoms. The lowest BCUT2D eigenvalue weighted by Gasteiger charge is -2.23. The number of hydrogen-bond acceptors (Lipinski definition) is 5. The van der Waals surface area contributed by atoms with E-state index in [1.165, 1.54) is 19.4 Å². The van der Waals surface area contributed by atoms with Crippen LogP contribution < -0.4 is 4.74 Å². The number of methoxy groups -OCH3 is 1. The van der Waals surface area contributed by atoms with E-state index in [-0.39, 0.29) is 18.4 Å². The zero-order chi connectivity index (χ0) is 24.0. The highest BCUT2D eigenvalue weighted by atomic mass is 16.5. The molecule has 0 fully saturated rings. The lowest BCUT2D eigenvalue weighted by molar-refractivity contribution is -0.162. The predicted octanol–water partition coefficient (Wildman–Crippen LogP) is 4.95. The van der Waals surface area contributed by atoms with E-state index in [4.69, 9.17) is 14.6 Å². The van der Waals surface area contributed by atoms with Crippen LogP contribution in [0.1, 0.15) is 48.7 Å². The standard InChI is InChI=1S/C27H31NO5/c1-19-16-24(25(29)22-11-13-23(32-4)14-12-22)28(17-19)15-5-6-20-7-9-21(10-8-20)18-33-27(2,3)26(30)31/h5-14,17,24H,15-16,18H2,1-4H3,(H,30,31)/b6-5+. The maximum Gasteiger partial charge on any atom is 0.335 e. The molecule has 0 radical (unpaired) electrons. The number of ether oxygens (including phenoxy) is 2. The van der Waals surface area contributed by atoms with Crippen molar-refractivity contribution >= 4 is 17.8 Å². The van der Waals surface area contributed by atoms with E-state index in [1.54, 1.807) is 7.11 Å². The van der Waals surface area contributed by atoms with Crippen LogP contribution in [0.4, 0.5) is 0 Å². The number of Topliss-reactive ketones (excluding diaryl/α,β-unsaturated/α-hetero) is 1. The molecule has 2 aromatic carbocycles. The Kier molecular flexibility index (Phi) is 7.71. The number of carbonyl (C=O) groups is 2. The van der Waals surface area contributed by atoms with Crippen molar-refractivity contribution in [2.24, 2.45) is 0 Å². The lowest BCUT2D eigenvalue weighted by atomic mass is 10.0. The van der Waals surface area contributed by atoms with E-state index >= 15 is 0 Å². The molecule has 1 heterocycles. The smallest absolute Gasteiger partial charge is 0.335 e. The molecule has 0 saturated heterocycles. The molecular formula is C27H31NO5. The largest absolute Gasteiger partial charge is 0.497 e. The summed E-state index contributed by atoms with van der Waals surface area (Å²) in [4.78, 5) is 26.3. The van der Waals surface area contributed by atoms with E-state index in [0.717, 1.165) is 23.3 Å². The second kappa shape index (κ2) is 10.5. The van der Waals surface area contributed by atoms with Gasteiger partial charge < -0.3 is 19.5 Å². The zero-order valence-corrected chi connectivity index (χ0v) is 19.6. The Labute approximate surface area is 195 Å². The van der Waals surface area contributed by atoms with Gasteiger partial charge >= 0.3 is 5.97 Å². The summed E-state index contributed by atoms with van der Waals surface area (Å²) in [5.74, 6) is -0.153. The van der Waals surface area contributed by atoms with Crippen LogP contribution >= 0.6 is 0 Å². The van der Waals surface area contributed by atoms with Crippen molar-refractivity contribution in [2.75, 3.05) is 13.7 Å². The van der Waals surface area contributed by atoms with Crippen LogP contribution in [0.25, 0.3) is 6.08 Å². The van der Waals surface area contributed by atoms with Crippen LogP contribution in [-0.2, 0) is 16.1 Å².